The Labute approximate surface area is 220 Å². The molecule has 0 radical (unpaired) electrons. The Balaban J connectivity index is 1.59. The zero-order valence-electron chi connectivity index (χ0n) is 19.9. The smallest absolute Gasteiger partial charge is 0.206 e. The van der Waals surface area contributed by atoms with Crippen LogP contribution in [0.1, 0.15) is 37.3 Å². The molecule has 4 aromatic rings. The molecule has 37 heavy (non-hydrogen) atoms. The van der Waals surface area contributed by atoms with E-state index in [0.29, 0.717) is 17.7 Å². The number of rotatable bonds is 8. The largest absolute Gasteiger partial charge is 0.332 e. The van der Waals surface area contributed by atoms with Crippen LogP contribution in [0, 0.1) is 23.3 Å². The first kappa shape index (κ1) is 27.0. The second-order valence-corrected chi connectivity index (χ2v) is 9.85. The normalized spacial score (nSPS) is 11.7. The molecule has 0 aliphatic heterocycles. The van der Waals surface area contributed by atoms with Crippen molar-refractivity contribution in [2.75, 3.05) is 0 Å². The van der Waals surface area contributed by atoms with Crippen LogP contribution in [0.5, 0.6) is 0 Å². The van der Waals surface area contributed by atoms with Crippen LogP contribution in [0.2, 0.25) is 0 Å². The first-order chi connectivity index (χ1) is 17.6. The van der Waals surface area contributed by atoms with Gasteiger partial charge in [0.15, 0.2) is 0 Å². The number of aryl methyl sites for hydroxylation is 1. The predicted molar refractivity (Wildman–Crippen MR) is 139 cm³/mol. The van der Waals surface area contributed by atoms with Gasteiger partial charge >= 0.3 is 4.83 Å². The van der Waals surface area contributed by atoms with Gasteiger partial charge in [-0.3, -0.25) is 0 Å². The maximum absolute atomic E-state index is 15.0. The highest BCUT2D eigenvalue weighted by Gasteiger charge is 2.35. The third kappa shape index (κ3) is 6.09. The minimum atomic E-state index is -3.91. The zero-order valence-corrected chi connectivity index (χ0v) is 21.5. The minimum absolute atomic E-state index is 0.150. The predicted octanol–water partition coefficient (Wildman–Crippen LogP) is 10.4. The van der Waals surface area contributed by atoms with Crippen LogP contribution in [-0.2, 0) is 11.3 Å². The van der Waals surface area contributed by atoms with E-state index < -0.39 is 33.7 Å². The number of benzene rings is 4. The van der Waals surface area contributed by atoms with Gasteiger partial charge in [0.2, 0.25) is 0 Å². The quantitative estimate of drug-likeness (QED) is 0.111. The Morgan fingerprint density at radius 3 is 1.62 bits per heavy atom. The molecule has 192 valence electrons. The molecule has 0 saturated heterocycles. The van der Waals surface area contributed by atoms with Gasteiger partial charge in [-0.15, -0.1) is 0 Å². The van der Waals surface area contributed by atoms with Gasteiger partial charge in [0.1, 0.15) is 28.8 Å². The lowest BCUT2D eigenvalue weighted by atomic mass is 9.96. The van der Waals surface area contributed by atoms with E-state index in [-0.39, 0.29) is 22.3 Å². The molecule has 0 atom stereocenters. The van der Waals surface area contributed by atoms with Crippen LogP contribution >= 0.6 is 15.9 Å². The molecule has 7 heteroatoms. The highest BCUT2D eigenvalue weighted by molar-refractivity contribution is 9.09. The fourth-order valence-corrected chi connectivity index (χ4v) is 4.67. The molecule has 0 amide bonds. The Morgan fingerprint density at radius 1 is 0.595 bits per heavy atom. The summed E-state index contributed by atoms with van der Waals surface area (Å²) in [6.45, 7) is 2.15. The lowest BCUT2D eigenvalue weighted by Crippen LogP contribution is -2.09. The van der Waals surface area contributed by atoms with E-state index in [9.17, 15) is 22.0 Å². The van der Waals surface area contributed by atoms with Crippen molar-refractivity contribution in [1.29, 1.82) is 0 Å². The molecule has 0 aliphatic rings. The van der Waals surface area contributed by atoms with Gasteiger partial charge in [-0.1, -0.05) is 68.3 Å². The SMILES string of the molecule is CCCCCc1ccc(-c2ccc(-c3ccc(-c4cc(F)c(C(F)(F)Br)c(F)c4)c(F)c3)c(F)c2)cc1. The van der Waals surface area contributed by atoms with Gasteiger partial charge in [-0.2, -0.15) is 8.78 Å². The van der Waals surface area contributed by atoms with Gasteiger partial charge in [-0.25, -0.2) is 17.6 Å². The van der Waals surface area contributed by atoms with Crippen LogP contribution in [0.4, 0.5) is 26.3 Å². The summed E-state index contributed by atoms with van der Waals surface area (Å²) in [5, 5.41) is 0. The Morgan fingerprint density at radius 2 is 1.08 bits per heavy atom. The average molecular weight is 577 g/mol. The van der Waals surface area contributed by atoms with Gasteiger partial charge in [0.25, 0.3) is 0 Å². The van der Waals surface area contributed by atoms with Crippen LogP contribution in [-0.4, -0.2) is 0 Å². The van der Waals surface area contributed by atoms with Gasteiger partial charge in [0.05, 0.1) is 0 Å². The van der Waals surface area contributed by atoms with Crippen molar-refractivity contribution in [2.45, 2.75) is 37.4 Å². The molecule has 0 heterocycles. The number of alkyl halides is 3. The lowest BCUT2D eigenvalue weighted by molar-refractivity contribution is 0.105. The van der Waals surface area contributed by atoms with Crippen LogP contribution in [0.15, 0.2) is 72.8 Å². The molecule has 0 aliphatic carbocycles. The fraction of sp³-hybridized carbons (Fsp3) is 0.200. The summed E-state index contributed by atoms with van der Waals surface area (Å²) in [7, 11) is 0. The average Bonchev–Trinajstić information content (AvgIpc) is 2.83. The topological polar surface area (TPSA) is 0 Å². The molecule has 0 spiro atoms. The molecule has 4 rings (SSSR count). The van der Waals surface area contributed by atoms with Gasteiger partial charge in [0, 0.05) is 11.1 Å². The Bertz CT molecular complexity index is 1380. The summed E-state index contributed by atoms with van der Waals surface area (Å²) in [6.07, 6.45) is 4.44. The van der Waals surface area contributed by atoms with Crippen molar-refractivity contribution in [3.63, 3.8) is 0 Å². The summed E-state index contributed by atoms with van der Waals surface area (Å²) >= 11 is 1.94. The van der Waals surface area contributed by atoms with Crippen molar-refractivity contribution >= 4 is 15.9 Å². The molecule has 0 aromatic heterocycles. The molecule has 0 fully saturated rings. The van der Waals surface area contributed by atoms with Crippen LogP contribution < -0.4 is 0 Å². The summed E-state index contributed by atoms with van der Waals surface area (Å²) in [6, 6.07) is 17.5. The number of hydrogen-bond donors (Lipinski definition) is 0. The van der Waals surface area contributed by atoms with E-state index in [1.165, 1.54) is 30.2 Å². The number of unbranched alkanes of at least 4 members (excludes halogenated alkanes) is 2. The van der Waals surface area contributed by atoms with E-state index in [2.05, 4.69) is 6.92 Å². The van der Waals surface area contributed by atoms with Crippen molar-refractivity contribution in [3.8, 4) is 33.4 Å². The van der Waals surface area contributed by atoms with Gasteiger partial charge in [-0.05, 0) is 80.9 Å². The van der Waals surface area contributed by atoms with Crippen molar-refractivity contribution in [3.05, 3.63) is 107 Å². The highest BCUT2D eigenvalue weighted by atomic mass is 79.9. The summed E-state index contributed by atoms with van der Waals surface area (Å²) < 4.78 is 85.1. The van der Waals surface area contributed by atoms with E-state index in [1.54, 1.807) is 12.1 Å². The second kappa shape index (κ2) is 11.1. The van der Waals surface area contributed by atoms with E-state index in [4.69, 9.17) is 0 Å². The first-order valence-corrected chi connectivity index (χ1v) is 12.6. The molecular weight excluding hydrogens is 554 g/mol. The van der Waals surface area contributed by atoms with Crippen molar-refractivity contribution < 1.29 is 26.3 Å². The van der Waals surface area contributed by atoms with Crippen LogP contribution in [0.25, 0.3) is 33.4 Å². The third-order valence-electron chi connectivity index (χ3n) is 6.24. The second-order valence-electron chi connectivity index (χ2n) is 8.86. The number of hydrogen-bond acceptors (Lipinski definition) is 0. The van der Waals surface area contributed by atoms with E-state index >= 15 is 4.39 Å². The minimum Gasteiger partial charge on any atom is -0.206 e. The summed E-state index contributed by atoms with van der Waals surface area (Å²) in [4.78, 5) is -3.91. The molecular formula is C30H23BrF6. The summed E-state index contributed by atoms with van der Waals surface area (Å²) in [5.41, 5.74) is 1.20. The number of halogens is 7. The summed E-state index contributed by atoms with van der Waals surface area (Å²) in [5.74, 6) is -4.47. The van der Waals surface area contributed by atoms with E-state index in [0.717, 1.165) is 30.9 Å². The molecule has 0 bridgehead atoms. The molecule has 0 unspecified atom stereocenters. The maximum atomic E-state index is 15.0. The molecule has 0 nitrogen and oxygen atoms in total. The van der Waals surface area contributed by atoms with E-state index in [1.807, 2.05) is 40.2 Å². The molecule has 4 aromatic carbocycles. The lowest BCUT2D eigenvalue weighted by Gasteiger charge is -2.14. The molecule has 0 saturated carbocycles. The third-order valence-corrected chi connectivity index (χ3v) is 6.64. The Hall–Kier alpha value is -3.06. The standard InChI is InChI=1S/C30H23BrF6/c1-2-3-4-5-18-6-8-19(9-7-18)20-10-12-23(25(32)14-20)21-11-13-24(26(33)15-21)22-16-27(34)29(28(35)17-22)30(31,36)37/h6-17H,2-5H2,1H3. The monoisotopic (exact) mass is 576 g/mol. The zero-order chi connectivity index (χ0) is 26.7. The van der Waals surface area contributed by atoms with Crippen molar-refractivity contribution in [1.82, 2.24) is 0 Å². The Kier molecular flexibility index (Phi) is 8.12. The first-order valence-electron chi connectivity index (χ1n) is 11.8. The highest BCUT2D eigenvalue weighted by Crippen LogP contribution is 2.40. The van der Waals surface area contributed by atoms with Crippen molar-refractivity contribution in [2.24, 2.45) is 0 Å². The fourth-order valence-electron chi connectivity index (χ4n) is 4.29. The van der Waals surface area contributed by atoms with Crippen LogP contribution in [0.3, 0.4) is 0 Å². The van der Waals surface area contributed by atoms with Gasteiger partial charge < -0.3 is 0 Å². The maximum Gasteiger partial charge on any atom is 0.332 e. The molecule has 0 N–H and O–H groups in total.